The van der Waals surface area contributed by atoms with Gasteiger partial charge in [-0.2, -0.15) is 0 Å². The zero-order valence-electron chi connectivity index (χ0n) is 19.4. The largest absolute Gasteiger partial charge is 0.356 e. The van der Waals surface area contributed by atoms with Gasteiger partial charge in [0.05, 0.1) is 17.1 Å². The van der Waals surface area contributed by atoms with Gasteiger partial charge in [-0.1, -0.05) is 42.0 Å². The van der Waals surface area contributed by atoms with Gasteiger partial charge in [-0.05, 0) is 37.5 Å². The van der Waals surface area contributed by atoms with Crippen molar-refractivity contribution in [1.82, 2.24) is 19.4 Å². The maximum absolute atomic E-state index is 13.7. The molecule has 2 aliphatic heterocycles. The number of amides is 2. The molecule has 2 fully saturated rings. The molecule has 0 aliphatic carbocycles. The Bertz CT molecular complexity index is 1190. The number of likely N-dealkylation sites (N-methyl/N-ethyl adjacent to an activating group) is 1. The van der Waals surface area contributed by atoms with Crippen LogP contribution in [0.2, 0.25) is 0 Å². The summed E-state index contributed by atoms with van der Waals surface area (Å²) in [6, 6.07) is 15.7. The summed E-state index contributed by atoms with van der Waals surface area (Å²) in [6.07, 6.45) is 1.19. The van der Waals surface area contributed by atoms with Crippen molar-refractivity contribution >= 4 is 22.8 Å². The number of carbonyl (C=O) groups excluding carboxylic acids is 2. The van der Waals surface area contributed by atoms with Crippen molar-refractivity contribution < 1.29 is 14.3 Å². The molecule has 2 aromatic carbocycles. The van der Waals surface area contributed by atoms with Crippen LogP contribution in [0.4, 0.5) is 0 Å². The van der Waals surface area contributed by atoms with E-state index in [0.717, 1.165) is 40.8 Å². The second-order valence-corrected chi connectivity index (χ2v) is 9.23. The van der Waals surface area contributed by atoms with Crippen molar-refractivity contribution in [1.29, 1.82) is 0 Å². The minimum absolute atomic E-state index is 0.0524. The highest BCUT2D eigenvalue weighted by Gasteiger charge is 2.43. The number of fused-ring (bicyclic) bond motifs is 1. The van der Waals surface area contributed by atoms with Gasteiger partial charge in [-0.25, -0.2) is 4.98 Å². The maximum Gasteiger partial charge on any atom is 0.254 e. The highest BCUT2D eigenvalue weighted by Crippen LogP contribution is 2.33. The van der Waals surface area contributed by atoms with Gasteiger partial charge in [-0.3, -0.25) is 9.59 Å². The van der Waals surface area contributed by atoms with Crippen LogP contribution in [0, 0.1) is 6.92 Å². The fourth-order valence-electron chi connectivity index (χ4n) is 5.18. The number of hydrogen-bond donors (Lipinski definition) is 0. The Hall–Kier alpha value is -3.19. The molecule has 0 bridgehead atoms. The van der Waals surface area contributed by atoms with Crippen LogP contribution < -0.4 is 0 Å². The molecule has 2 saturated heterocycles. The number of aryl methyl sites for hydroxylation is 2. The monoisotopic (exact) mass is 446 g/mol. The number of carbonyl (C=O) groups is 2. The van der Waals surface area contributed by atoms with Crippen LogP contribution in [0.5, 0.6) is 0 Å². The number of hydrogen-bond acceptors (Lipinski definition) is 4. The van der Waals surface area contributed by atoms with Crippen LogP contribution in [0.1, 0.15) is 41.8 Å². The number of para-hydroxylation sites is 2. The average molecular weight is 447 g/mol. The normalized spacial score (nSPS) is 23.8. The van der Waals surface area contributed by atoms with Gasteiger partial charge in [0.25, 0.3) is 5.91 Å². The highest BCUT2D eigenvalue weighted by atomic mass is 16.5. The van der Waals surface area contributed by atoms with Crippen LogP contribution in [0.15, 0.2) is 48.5 Å². The van der Waals surface area contributed by atoms with Crippen LogP contribution in [-0.4, -0.2) is 64.0 Å². The molecular formula is C26H30N4O3. The van der Waals surface area contributed by atoms with E-state index in [-0.39, 0.29) is 24.3 Å². The second kappa shape index (κ2) is 8.63. The molecule has 0 N–H and O–H groups in total. The van der Waals surface area contributed by atoms with Gasteiger partial charge in [0.15, 0.2) is 6.10 Å². The Morgan fingerprint density at radius 2 is 1.85 bits per heavy atom. The Morgan fingerprint density at radius 3 is 2.61 bits per heavy atom. The molecule has 3 heterocycles. The van der Waals surface area contributed by atoms with E-state index in [0.29, 0.717) is 13.1 Å². The van der Waals surface area contributed by atoms with Crippen molar-refractivity contribution in [3.8, 4) is 0 Å². The molecule has 0 saturated carbocycles. The zero-order valence-corrected chi connectivity index (χ0v) is 19.4. The molecular weight excluding hydrogens is 416 g/mol. The minimum Gasteiger partial charge on any atom is -0.356 e. The first-order chi connectivity index (χ1) is 15.9. The predicted octanol–water partition coefficient (Wildman–Crippen LogP) is 3.19. The Morgan fingerprint density at radius 1 is 1.09 bits per heavy atom. The molecule has 1 aromatic heterocycles. The molecule has 3 aromatic rings. The third-order valence-corrected chi connectivity index (χ3v) is 7.07. The van der Waals surface area contributed by atoms with Gasteiger partial charge in [0.2, 0.25) is 5.91 Å². The van der Waals surface area contributed by atoms with Gasteiger partial charge in [0.1, 0.15) is 12.4 Å². The SMILES string of the molecule is Cc1ccc(C2C(C(=O)N3CCCC(c4nc5ccccc5n4C)C3)OCC(=O)N2C)cc1. The maximum atomic E-state index is 13.7. The van der Waals surface area contributed by atoms with Gasteiger partial charge in [-0.15, -0.1) is 0 Å². The van der Waals surface area contributed by atoms with Crippen molar-refractivity contribution in [3.05, 3.63) is 65.5 Å². The molecule has 7 nitrogen and oxygen atoms in total. The third kappa shape index (κ3) is 3.91. The lowest BCUT2D eigenvalue weighted by molar-refractivity contribution is -0.168. The quantitative estimate of drug-likeness (QED) is 0.620. The number of piperidine rings is 1. The van der Waals surface area contributed by atoms with E-state index in [1.54, 1.807) is 11.9 Å². The lowest BCUT2D eigenvalue weighted by Gasteiger charge is -2.42. The average Bonchev–Trinajstić information content (AvgIpc) is 3.18. The number of morpholine rings is 1. The van der Waals surface area contributed by atoms with Gasteiger partial charge in [0, 0.05) is 33.1 Å². The van der Waals surface area contributed by atoms with E-state index < -0.39 is 12.1 Å². The first-order valence-corrected chi connectivity index (χ1v) is 11.6. The lowest BCUT2D eigenvalue weighted by Crippen LogP contribution is -2.55. The third-order valence-electron chi connectivity index (χ3n) is 7.07. The van der Waals surface area contributed by atoms with E-state index >= 15 is 0 Å². The number of rotatable bonds is 3. The number of aromatic nitrogens is 2. The molecule has 33 heavy (non-hydrogen) atoms. The summed E-state index contributed by atoms with van der Waals surface area (Å²) in [6.45, 7) is 3.25. The van der Waals surface area contributed by atoms with Gasteiger partial charge < -0.3 is 19.1 Å². The summed E-state index contributed by atoms with van der Waals surface area (Å²) in [5, 5.41) is 0. The molecule has 5 rings (SSSR count). The van der Waals surface area contributed by atoms with Crippen molar-refractivity contribution in [3.63, 3.8) is 0 Å². The van der Waals surface area contributed by atoms with E-state index in [1.165, 1.54) is 0 Å². The highest BCUT2D eigenvalue weighted by molar-refractivity contribution is 5.86. The van der Waals surface area contributed by atoms with Crippen LogP contribution in [-0.2, 0) is 21.4 Å². The van der Waals surface area contributed by atoms with E-state index in [2.05, 4.69) is 10.6 Å². The van der Waals surface area contributed by atoms with Crippen molar-refractivity contribution in [2.45, 2.75) is 37.8 Å². The summed E-state index contributed by atoms with van der Waals surface area (Å²) >= 11 is 0. The molecule has 0 spiro atoms. The standard InChI is InChI=1S/C26H30N4O3/c1-17-10-12-18(13-11-17)23-24(33-16-22(31)29(23)3)26(32)30-14-6-7-19(15-30)25-27-20-8-4-5-9-21(20)28(25)2/h4-5,8-13,19,23-24H,6-7,14-16H2,1-3H3. The summed E-state index contributed by atoms with van der Waals surface area (Å²) in [5.41, 5.74) is 4.13. The number of ether oxygens (including phenoxy) is 1. The predicted molar refractivity (Wildman–Crippen MR) is 126 cm³/mol. The first-order valence-electron chi connectivity index (χ1n) is 11.6. The van der Waals surface area contributed by atoms with Gasteiger partial charge >= 0.3 is 0 Å². The summed E-state index contributed by atoms with van der Waals surface area (Å²) in [7, 11) is 3.80. The topological polar surface area (TPSA) is 67.7 Å². The fourth-order valence-corrected chi connectivity index (χ4v) is 5.18. The number of nitrogens with zero attached hydrogens (tertiary/aromatic N) is 4. The van der Waals surface area contributed by atoms with Crippen molar-refractivity contribution in [2.24, 2.45) is 7.05 Å². The summed E-state index contributed by atoms with van der Waals surface area (Å²) in [5.74, 6) is 1.02. The fraction of sp³-hybridized carbons (Fsp3) is 0.423. The van der Waals surface area contributed by atoms with Crippen LogP contribution >= 0.6 is 0 Å². The molecule has 3 unspecified atom stereocenters. The van der Waals surface area contributed by atoms with E-state index in [1.807, 2.05) is 61.3 Å². The summed E-state index contributed by atoms with van der Waals surface area (Å²) < 4.78 is 8.03. The Kier molecular flexibility index (Phi) is 5.66. The molecule has 0 radical (unpaired) electrons. The minimum atomic E-state index is -0.713. The molecule has 3 atom stereocenters. The molecule has 2 amide bonds. The second-order valence-electron chi connectivity index (χ2n) is 9.23. The number of benzene rings is 2. The van der Waals surface area contributed by atoms with E-state index in [4.69, 9.17) is 9.72 Å². The Labute approximate surface area is 193 Å². The molecule has 2 aliphatic rings. The first kappa shape index (κ1) is 21.6. The van der Waals surface area contributed by atoms with E-state index in [9.17, 15) is 9.59 Å². The van der Waals surface area contributed by atoms with Crippen LogP contribution in [0.25, 0.3) is 11.0 Å². The van der Waals surface area contributed by atoms with Crippen molar-refractivity contribution in [2.75, 3.05) is 26.7 Å². The number of likely N-dealkylation sites (tertiary alicyclic amines) is 1. The molecule has 172 valence electrons. The Balaban J connectivity index is 1.40. The lowest BCUT2D eigenvalue weighted by atomic mass is 9.93. The summed E-state index contributed by atoms with van der Waals surface area (Å²) in [4.78, 5) is 34.6. The zero-order chi connectivity index (χ0) is 23.1. The smallest absolute Gasteiger partial charge is 0.254 e. The molecule has 7 heteroatoms. The number of imidazole rings is 1. The van der Waals surface area contributed by atoms with Crippen LogP contribution in [0.3, 0.4) is 0 Å².